The molecule has 0 unspecified atom stereocenters. The van der Waals surface area contributed by atoms with Gasteiger partial charge in [-0.1, -0.05) is 30.4 Å². The highest BCUT2D eigenvalue weighted by molar-refractivity contribution is 7.81. The summed E-state index contributed by atoms with van der Waals surface area (Å²) < 4.78 is 0. The molecule has 0 aliphatic heterocycles. The molecule has 80 valence electrons. The number of nitrogens with one attached hydrogen (secondary N) is 1. The molecule has 16 heavy (non-hydrogen) atoms. The van der Waals surface area contributed by atoms with Crippen molar-refractivity contribution in [3.63, 3.8) is 0 Å². The summed E-state index contributed by atoms with van der Waals surface area (Å²) in [6.45, 7) is 2.02. The van der Waals surface area contributed by atoms with Gasteiger partial charge in [-0.15, -0.1) is 0 Å². The van der Waals surface area contributed by atoms with Crippen LogP contribution in [-0.4, -0.2) is 9.97 Å². The molecule has 2 rings (SSSR count). The van der Waals surface area contributed by atoms with E-state index in [2.05, 4.69) is 10.3 Å². The number of aromatic nitrogens is 1. The van der Waals surface area contributed by atoms with Crippen molar-refractivity contribution in [3.05, 3.63) is 59.9 Å². The molecule has 1 N–H and O–H groups in total. The van der Waals surface area contributed by atoms with E-state index in [1.165, 1.54) is 0 Å². The van der Waals surface area contributed by atoms with E-state index in [4.69, 9.17) is 12.2 Å². The number of nitrogens with zero attached hydrogens (tertiary/aromatic N) is 1. The minimum atomic E-state index is 0.648. The van der Waals surface area contributed by atoms with Crippen LogP contribution >= 0.6 is 12.2 Å². The lowest BCUT2D eigenvalue weighted by molar-refractivity contribution is 1.26. The first-order valence-electron chi connectivity index (χ1n) is 5.05. The van der Waals surface area contributed by atoms with Crippen molar-refractivity contribution in [1.82, 2.24) is 4.98 Å². The first-order chi connectivity index (χ1) is 7.75. The maximum Gasteiger partial charge on any atom is 0.129 e. The van der Waals surface area contributed by atoms with E-state index >= 15 is 0 Å². The Morgan fingerprint density at radius 2 is 1.94 bits per heavy atom. The summed E-state index contributed by atoms with van der Waals surface area (Å²) >= 11 is 5.29. The number of thiocarbonyl (C=S) groups is 1. The van der Waals surface area contributed by atoms with Gasteiger partial charge in [-0.2, -0.15) is 0 Å². The largest absolute Gasteiger partial charge is 0.345 e. The van der Waals surface area contributed by atoms with Crippen molar-refractivity contribution in [2.75, 3.05) is 5.32 Å². The molecule has 0 saturated heterocycles. The van der Waals surface area contributed by atoms with Crippen LogP contribution in [0.4, 0.5) is 5.69 Å². The number of pyridine rings is 1. The van der Waals surface area contributed by atoms with Gasteiger partial charge >= 0.3 is 0 Å². The van der Waals surface area contributed by atoms with Gasteiger partial charge in [0, 0.05) is 11.9 Å². The van der Waals surface area contributed by atoms with E-state index in [0.29, 0.717) is 4.99 Å². The molecule has 0 saturated carbocycles. The SMILES string of the molecule is Cc1ccnc(C(=S)Nc2ccccc2)c1. The lowest BCUT2D eigenvalue weighted by atomic mass is 10.2. The normalized spacial score (nSPS) is 9.81. The third-order valence-electron chi connectivity index (χ3n) is 2.18. The van der Waals surface area contributed by atoms with Crippen LogP contribution in [0.1, 0.15) is 11.3 Å². The standard InChI is InChI=1S/C13H12N2S/c1-10-7-8-14-12(9-10)13(16)15-11-5-3-2-4-6-11/h2-9H,1H3,(H,15,16). The van der Waals surface area contributed by atoms with Gasteiger partial charge in [-0.3, -0.25) is 4.98 Å². The zero-order chi connectivity index (χ0) is 11.4. The summed E-state index contributed by atoms with van der Waals surface area (Å²) in [6.07, 6.45) is 1.77. The molecule has 3 heteroatoms. The minimum absolute atomic E-state index is 0.648. The van der Waals surface area contributed by atoms with Crippen LogP contribution in [0.15, 0.2) is 48.7 Å². The van der Waals surface area contributed by atoms with Crippen molar-refractivity contribution in [3.8, 4) is 0 Å². The molecule has 0 amide bonds. The van der Waals surface area contributed by atoms with Crippen LogP contribution in [0.25, 0.3) is 0 Å². The van der Waals surface area contributed by atoms with Gasteiger partial charge in [-0.25, -0.2) is 0 Å². The number of hydrogen-bond acceptors (Lipinski definition) is 2. The number of hydrogen-bond donors (Lipinski definition) is 1. The highest BCUT2D eigenvalue weighted by Gasteiger charge is 2.02. The molecule has 1 heterocycles. The summed E-state index contributed by atoms with van der Waals surface area (Å²) in [7, 11) is 0. The maximum atomic E-state index is 5.29. The molecule has 0 spiro atoms. The summed E-state index contributed by atoms with van der Waals surface area (Å²) in [5.41, 5.74) is 2.94. The molecule has 0 aliphatic carbocycles. The van der Waals surface area contributed by atoms with Gasteiger partial charge in [0.1, 0.15) is 4.99 Å². The third kappa shape index (κ3) is 2.64. The molecule has 0 bridgehead atoms. The van der Waals surface area contributed by atoms with E-state index < -0.39 is 0 Å². The number of anilines is 1. The molecule has 0 radical (unpaired) electrons. The van der Waals surface area contributed by atoms with Crippen LogP contribution in [-0.2, 0) is 0 Å². The van der Waals surface area contributed by atoms with E-state index in [1.54, 1.807) is 6.20 Å². The van der Waals surface area contributed by atoms with Gasteiger partial charge in [-0.05, 0) is 36.8 Å². The van der Waals surface area contributed by atoms with Gasteiger partial charge in [0.15, 0.2) is 0 Å². The molecule has 1 aromatic heterocycles. The van der Waals surface area contributed by atoms with E-state index in [0.717, 1.165) is 16.9 Å². The summed E-state index contributed by atoms with van der Waals surface area (Å²) in [4.78, 5) is 4.88. The van der Waals surface area contributed by atoms with Crippen LogP contribution in [0.3, 0.4) is 0 Å². The molecule has 0 atom stereocenters. The maximum absolute atomic E-state index is 5.29. The number of aryl methyl sites for hydroxylation is 1. The predicted molar refractivity (Wildman–Crippen MR) is 70.7 cm³/mol. The molecular weight excluding hydrogens is 216 g/mol. The van der Waals surface area contributed by atoms with Crippen molar-refractivity contribution in [2.24, 2.45) is 0 Å². The average Bonchev–Trinajstić information content (AvgIpc) is 2.30. The summed E-state index contributed by atoms with van der Waals surface area (Å²) in [5, 5.41) is 3.15. The van der Waals surface area contributed by atoms with Crippen molar-refractivity contribution in [1.29, 1.82) is 0 Å². The fourth-order valence-electron chi connectivity index (χ4n) is 1.38. The average molecular weight is 228 g/mol. The lowest BCUT2D eigenvalue weighted by Crippen LogP contribution is -2.12. The van der Waals surface area contributed by atoms with E-state index in [1.807, 2.05) is 49.4 Å². The predicted octanol–water partition coefficient (Wildman–Crippen LogP) is 3.18. The van der Waals surface area contributed by atoms with Crippen molar-refractivity contribution < 1.29 is 0 Å². The molecule has 0 fully saturated rings. The Morgan fingerprint density at radius 3 is 2.62 bits per heavy atom. The van der Waals surface area contributed by atoms with Crippen molar-refractivity contribution >= 4 is 22.9 Å². The molecule has 1 aromatic carbocycles. The van der Waals surface area contributed by atoms with Gasteiger partial charge < -0.3 is 5.32 Å². The van der Waals surface area contributed by atoms with Gasteiger partial charge in [0.25, 0.3) is 0 Å². The topological polar surface area (TPSA) is 24.9 Å². The smallest absolute Gasteiger partial charge is 0.129 e. The molecule has 0 aliphatic rings. The fraction of sp³-hybridized carbons (Fsp3) is 0.0769. The Hall–Kier alpha value is -1.74. The highest BCUT2D eigenvalue weighted by atomic mass is 32.1. The fourth-order valence-corrected chi connectivity index (χ4v) is 1.61. The van der Waals surface area contributed by atoms with Crippen LogP contribution < -0.4 is 5.32 Å². The quantitative estimate of drug-likeness (QED) is 0.799. The van der Waals surface area contributed by atoms with Crippen LogP contribution in [0, 0.1) is 6.92 Å². The summed E-state index contributed by atoms with van der Waals surface area (Å²) in [5.74, 6) is 0. The Balaban J connectivity index is 2.15. The van der Waals surface area contributed by atoms with Gasteiger partial charge in [0.2, 0.25) is 0 Å². The Bertz CT molecular complexity index is 494. The zero-order valence-electron chi connectivity index (χ0n) is 8.97. The van der Waals surface area contributed by atoms with Crippen molar-refractivity contribution in [2.45, 2.75) is 6.92 Å². The minimum Gasteiger partial charge on any atom is -0.345 e. The Kier molecular flexibility index (Phi) is 3.27. The lowest BCUT2D eigenvalue weighted by Gasteiger charge is -2.07. The monoisotopic (exact) mass is 228 g/mol. The first kappa shape index (κ1) is 10.8. The number of rotatable bonds is 2. The third-order valence-corrected chi connectivity index (χ3v) is 2.49. The zero-order valence-corrected chi connectivity index (χ0v) is 9.79. The van der Waals surface area contributed by atoms with E-state index in [9.17, 15) is 0 Å². The highest BCUT2D eigenvalue weighted by Crippen LogP contribution is 2.08. The molecule has 2 nitrogen and oxygen atoms in total. The molecule has 2 aromatic rings. The summed E-state index contributed by atoms with van der Waals surface area (Å²) in [6, 6.07) is 13.8. The molecular formula is C13H12N2S. The Labute approximate surface area is 100 Å². The first-order valence-corrected chi connectivity index (χ1v) is 5.45. The van der Waals surface area contributed by atoms with E-state index in [-0.39, 0.29) is 0 Å². The Morgan fingerprint density at radius 1 is 1.19 bits per heavy atom. The number of benzene rings is 1. The second-order valence-corrected chi connectivity index (χ2v) is 3.95. The second-order valence-electron chi connectivity index (χ2n) is 3.54. The number of para-hydroxylation sites is 1. The van der Waals surface area contributed by atoms with Gasteiger partial charge in [0.05, 0.1) is 5.69 Å². The van der Waals surface area contributed by atoms with Crippen LogP contribution in [0.2, 0.25) is 0 Å². The second kappa shape index (κ2) is 4.86. The van der Waals surface area contributed by atoms with Crippen LogP contribution in [0.5, 0.6) is 0 Å².